The molecular weight excluding hydrogens is 533 g/mol. The molecule has 2 aromatic carbocycles. The Kier molecular flexibility index (Phi) is 10.2. The van der Waals surface area contributed by atoms with E-state index in [4.69, 9.17) is 9.26 Å². The first-order valence-electron chi connectivity index (χ1n) is 9.74. The SMILES string of the molecule is CCNC(=NCc1cc(OC)ccc1OC(F)F)NCc1cc(-c2ccccc2)on1.I. The predicted molar refractivity (Wildman–Crippen MR) is 129 cm³/mol. The van der Waals surface area contributed by atoms with E-state index in [1.54, 1.807) is 12.1 Å². The summed E-state index contributed by atoms with van der Waals surface area (Å²) < 4.78 is 40.6. The number of hydrogen-bond donors (Lipinski definition) is 2. The van der Waals surface area contributed by atoms with Crippen LogP contribution in [0.4, 0.5) is 8.78 Å². The van der Waals surface area contributed by atoms with Crippen molar-refractivity contribution in [3.8, 4) is 22.8 Å². The maximum absolute atomic E-state index is 12.7. The van der Waals surface area contributed by atoms with Gasteiger partial charge in [-0.2, -0.15) is 8.78 Å². The Morgan fingerprint density at radius 3 is 2.59 bits per heavy atom. The van der Waals surface area contributed by atoms with Crippen LogP contribution in [-0.2, 0) is 13.1 Å². The van der Waals surface area contributed by atoms with Gasteiger partial charge in [-0.3, -0.25) is 0 Å². The van der Waals surface area contributed by atoms with Gasteiger partial charge in [-0.15, -0.1) is 24.0 Å². The lowest BCUT2D eigenvalue weighted by molar-refractivity contribution is -0.0504. The molecule has 0 amide bonds. The van der Waals surface area contributed by atoms with Crippen LogP contribution in [0.3, 0.4) is 0 Å². The Balaban J connectivity index is 0.00000363. The first-order valence-corrected chi connectivity index (χ1v) is 9.74. The number of halogens is 3. The minimum absolute atomic E-state index is 0. The van der Waals surface area contributed by atoms with E-state index < -0.39 is 6.61 Å². The van der Waals surface area contributed by atoms with Gasteiger partial charge in [0.05, 0.1) is 20.2 Å². The van der Waals surface area contributed by atoms with E-state index in [0.717, 1.165) is 5.56 Å². The highest BCUT2D eigenvalue weighted by atomic mass is 127. The minimum atomic E-state index is -2.92. The van der Waals surface area contributed by atoms with Crippen molar-refractivity contribution in [3.05, 3.63) is 65.9 Å². The summed E-state index contributed by atoms with van der Waals surface area (Å²) in [6, 6.07) is 16.1. The molecule has 3 aromatic rings. The number of guanidine groups is 1. The first-order chi connectivity index (χ1) is 15.1. The maximum Gasteiger partial charge on any atom is 0.387 e. The van der Waals surface area contributed by atoms with Crippen molar-refractivity contribution in [1.29, 1.82) is 0 Å². The summed E-state index contributed by atoms with van der Waals surface area (Å²) in [4.78, 5) is 4.46. The molecule has 2 N–H and O–H groups in total. The molecule has 0 aliphatic heterocycles. The molecule has 10 heteroatoms. The highest BCUT2D eigenvalue weighted by Crippen LogP contribution is 2.26. The van der Waals surface area contributed by atoms with Crippen LogP contribution in [0.5, 0.6) is 11.5 Å². The van der Waals surface area contributed by atoms with E-state index in [1.807, 2.05) is 43.3 Å². The van der Waals surface area contributed by atoms with Gasteiger partial charge in [0.2, 0.25) is 0 Å². The van der Waals surface area contributed by atoms with Gasteiger partial charge in [0.25, 0.3) is 0 Å². The van der Waals surface area contributed by atoms with Crippen molar-refractivity contribution in [3.63, 3.8) is 0 Å². The second-order valence-corrected chi connectivity index (χ2v) is 6.45. The lowest BCUT2D eigenvalue weighted by Gasteiger charge is -2.13. The second-order valence-electron chi connectivity index (χ2n) is 6.45. The van der Waals surface area contributed by atoms with Gasteiger partial charge in [0.1, 0.15) is 17.2 Å². The van der Waals surface area contributed by atoms with Gasteiger partial charge in [0.15, 0.2) is 11.7 Å². The zero-order valence-electron chi connectivity index (χ0n) is 17.7. The number of aliphatic imine (C=N–C) groups is 1. The van der Waals surface area contributed by atoms with Crippen molar-refractivity contribution in [1.82, 2.24) is 15.8 Å². The zero-order chi connectivity index (χ0) is 22.1. The molecule has 0 spiro atoms. The predicted octanol–water partition coefficient (Wildman–Crippen LogP) is 4.82. The number of methoxy groups -OCH3 is 1. The van der Waals surface area contributed by atoms with E-state index in [9.17, 15) is 8.78 Å². The molecule has 0 unspecified atom stereocenters. The van der Waals surface area contributed by atoms with Crippen LogP contribution >= 0.6 is 24.0 Å². The van der Waals surface area contributed by atoms with E-state index in [-0.39, 0.29) is 36.3 Å². The Hall–Kier alpha value is -2.89. The number of nitrogens with one attached hydrogen (secondary N) is 2. The topological polar surface area (TPSA) is 80.9 Å². The van der Waals surface area contributed by atoms with Crippen molar-refractivity contribution < 1.29 is 22.8 Å². The zero-order valence-corrected chi connectivity index (χ0v) is 20.0. The van der Waals surface area contributed by atoms with Crippen LogP contribution in [-0.4, -0.2) is 31.4 Å². The molecule has 0 radical (unpaired) electrons. The van der Waals surface area contributed by atoms with Crippen LogP contribution in [0.1, 0.15) is 18.2 Å². The molecule has 3 rings (SSSR count). The lowest BCUT2D eigenvalue weighted by atomic mass is 10.2. The number of rotatable bonds is 9. The molecule has 32 heavy (non-hydrogen) atoms. The molecule has 7 nitrogen and oxygen atoms in total. The Bertz CT molecular complexity index is 1000. The van der Waals surface area contributed by atoms with E-state index >= 15 is 0 Å². The third kappa shape index (κ3) is 7.36. The molecule has 0 aliphatic carbocycles. The van der Waals surface area contributed by atoms with Gasteiger partial charge in [-0.1, -0.05) is 35.5 Å². The molecule has 0 fully saturated rings. The minimum Gasteiger partial charge on any atom is -0.497 e. The number of alkyl halides is 2. The van der Waals surface area contributed by atoms with E-state index in [2.05, 4.69) is 25.5 Å². The van der Waals surface area contributed by atoms with Crippen molar-refractivity contribution in [2.24, 2.45) is 4.99 Å². The lowest BCUT2D eigenvalue weighted by Crippen LogP contribution is -2.36. The average molecular weight is 558 g/mol. The monoisotopic (exact) mass is 558 g/mol. The fourth-order valence-electron chi connectivity index (χ4n) is 2.83. The molecular formula is C22H25F2IN4O3. The second kappa shape index (κ2) is 12.8. The van der Waals surface area contributed by atoms with Gasteiger partial charge < -0.3 is 24.6 Å². The van der Waals surface area contributed by atoms with Crippen LogP contribution in [0.15, 0.2) is 64.1 Å². The van der Waals surface area contributed by atoms with Gasteiger partial charge in [-0.25, -0.2) is 4.99 Å². The number of benzene rings is 2. The van der Waals surface area contributed by atoms with Gasteiger partial charge >= 0.3 is 6.61 Å². The summed E-state index contributed by atoms with van der Waals surface area (Å²) in [5, 5.41) is 10.3. The number of hydrogen-bond acceptors (Lipinski definition) is 5. The molecule has 172 valence electrons. The molecule has 0 saturated heterocycles. The largest absolute Gasteiger partial charge is 0.497 e. The molecule has 1 aromatic heterocycles. The summed E-state index contributed by atoms with van der Waals surface area (Å²) in [7, 11) is 1.50. The maximum atomic E-state index is 12.7. The Morgan fingerprint density at radius 2 is 1.91 bits per heavy atom. The Labute approximate surface area is 202 Å². The number of nitrogens with zero attached hydrogens (tertiary/aromatic N) is 2. The Morgan fingerprint density at radius 1 is 1.12 bits per heavy atom. The summed E-state index contributed by atoms with van der Waals surface area (Å²) in [5.41, 5.74) is 2.11. The summed E-state index contributed by atoms with van der Waals surface area (Å²) >= 11 is 0. The fraction of sp³-hybridized carbons (Fsp3) is 0.273. The average Bonchev–Trinajstić information content (AvgIpc) is 3.26. The summed E-state index contributed by atoms with van der Waals surface area (Å²) in [5.74, 6) is 1.75. The van der Waals surface area contributed by atoms with Gasteiger partial charge in [-0.05, 0) is 25.1 Å². The number of aromatic nitrogens is 1. The summed E-state index contributed by atoms with van der Waals surface area (Å²) in [6.45, 7) is 0.118. The smallest absolute Gasteiger partial charge is 0.387 e. The van der Waals surface area contributed by atoms with E-state index in [0.29, 0.717) is 41.8 Å². The molecule has 0 bridgehead atoms. The highest BCUT2D eigenvalue weighted by Gasteiger charge is 2.12. The normalized spacial score (nSPS) is 11.1. The quantitative estimate of drug-likeness (QED) is 0.223. The van der Waals surface area contributed by atoms with Gasteiger partial charge in [0, 0.05) is 23.7 Å². The molecule has 1 heterocycles. The molecule has 0 aliphatic rings. The number of ether oxygens (including phenoxy) is 2. The van der Waals surface area contributed by atoms with E-state index in [1.165, 1.54) is 13.2 Å². The van der Waals surface area contributed by atoms with Crippen molar-refractivity contribution in [2.45, 2.75) is 26.6 Å². The third-order valence-electron chi connectivity index (χ3n) is 4.29. The summed E-state index contributed by atoms with van der Waals surface area (Å²) in [6.07, 6.45) is 0. The van der Waals surface area contributed by atoms with Crippen molar-refractivity contribution >= 4 is 29.9 Å². The first kappa shape index (κ1) is 25.4. The third-order valence-corrected chi connectivity index (χ3v) is 4.29. The van der Waals surface area contributed by atoms with Crippen LogP contribution in [0.2, 0.25) is 0 Å². The van der Waals surface area contributed by atoms with Crippen LogP contribution in [0.25, 0.3) is 11.3 Å². The standard InChI is InChI=1S/C22H24F2N4O3.HI/c1-3-25-22(26-13-16-11-18(29-2)9-10-19(16)30-21(23)24)27-14-17-12-20(31-28-17)15-7-5-4-6-8-15;/h4-12,21H,3,13-14H2,1-2H3,(H2,25,26,27);1H. The highest BCUT2D eigenvalue weighted by molar-refractivity contribution is 14.0. The van der Waals surface area contributed by atoms with Crippen LogP contribution < -0.4 is 20.1 Å². The fourth-order valence-corrected chi connectivity index (χ4v) is 2.83. The molecule has 0 atom stereocenters. The van der Waals surface area contributed by atoms with Crippen molar-refractivity contribution in [2.75, 3.05) is 13.7 Å². The van der Waals surface area contributed by atoms with Crippen LogP contribution in [0, 0.1) is 0 Å². The molecule has 0 saturated carbocycles.